The highest BCUT2D eigenvalue weighted by atomic mass is 35.5. The Morgan fingerprint density at radius 2 is 1.94 bits per heavy atom. The average molecular weight is 447 g/mol. The van der Waals surface area contributed by atoms with Crippen LogP contribution in [0.1, 0.15) is 28.4 Å². The maximum Gasteiger partial charge on any atom is 0.332 e. The first kappa shape index (κ1) is 22.5. The van der Waals surface area contributed by atoms with Gasteiger partial charge in [-0.2, -0.15) is 0 Å². The van der Waals surface area contributed by atoms with Gasteiger partial charge in [0.1, 0.15) is 11.6 Å². The summed E-state index contributed by atoms with van der Waals surface area (Å²) in [6.07, 6.45) is -0.250. The van der Waals surface area contributed by atoms with Gasteiger partial charge in [-0.3, -0.25) is 4.79 Å². The lowest BCUT2D eigenvalue weighted by atomic mass is 9.97. The highest BCUT2D eigenvalue weighted by Gasteiger charge is 2.24. The molecule has 0 spiro atoms. The van der Waals surface area contributed by atoms with Crippen LogP contribution in [0.15, 0.2) is 53.1 Å². The quantitative estimate of drug-likeness (QED) is 0.487. The van der Waals surface area contributed by atoms with Gasteiger partial charge in [-0.05, 0) is 42.7 Å². The highest BCUT2D eigenvalue weighted by Crippen LogP contribution is 2.26. The first-order valence-electron chi connectivity index (χ1n) is 9.41. The molecule has 9 heteroatoms. The molecule has 2 aromatic carbocycles. The zero-order valence-corrected chi connectivity index (χ0v) is 17.3. The van der Waals surface area contributed by atoms with Crippen LogP contribution in [-0.4, -0.2) is 39.2 Å². The number of carbonyl (C=O) groups is 2. The number of aliphatic hydroxyl groups is 1. The molecule has 2 atom stereocenters. The third kappa shape index (κ3) is 5.90. The number of aliphatic carboxylic acids is 1. The number of carboxylic acid groups (broad SMARTS) is 1. The standard InChI is InChI=1S/C22H20ClFN2O5/c1-12-11-25-21(31-12)20(28)26-16(10-19(27)22(29)30)8-13-2-4-14(5-3-13)17-9-15(23)6-7-18(17)24/h2-7,9,11,16,19,27H,8,10H2,1H3,(H,26,28)(H,29,30). The predicted octanol–water partition coefficient (Wildman–Crippen LogP) is 3.62. The van der Waals surface area contributed by atoms with Crippen molar-refractivity contribution in [2.75, 3.05) is 0 Å². The lowest BCUT2D eigenvalue weighted by Crippen LogP contribution is -2.40. The van der Waals surface area contributed by atoms with Crippen LogP contribution in [0.4, 0.5) is 4.39 Å². The summed E-state index contributed by atoms with van der Waals surface area (Å²) in [5.41, 5.74) is 1.72. The van der Waals surface area contributed by atoms with E-state index in [0.29, 0.717) is 21.9 Å². The predicted molar refractivity (Wildman–Crippen MR) is 111 cm³/mol. The van der Waals surface area contributed by atoms with Gasteiger partial charge in [0.2, 0.25) is 0 Å². The Morgan fingerprint density at radius 1 is 1.23 bits per heavy atom. The molecule has 1 amide bonds. The Kier molecular flexibility index (Phi) is 7.04. The molecule has 162 valence electrons. The molecule has 0 aliphatic rings. The molecule has 3 aromatic rings. The third-order valence-electron chi connectivity index (χ3n) is 4.62. The van der Waals surface area contributed by atoms with Gasteiger partial charge in [0, 0.05) is 23.0 Å². The zero-order valence-electron chi connectivity index (χ0n) is 16.5. The molecule has 0 bridgehead atoms. The lowest BCUT2D eigenvalue weighted by molar-refractivity contribution is -0.147. The van der Waals surface area contributed by atoms with Gasteiger partial charge in [-0.15, -0.1) is 0 Å². The zero-order chi connectivity index (χ0) is 22.5. The second-order valence-corrected chi connectivity index (χ2v) is 7.50. The minimum Gasteiger partial charge on any atom is -0.479 e. The number of halogens is 2. The van der Waals surface area contributed by atoms with E-state index in [0.717, 1.165) is 5.56 Å². The maximum atomic E-state index is 14.1. The fraction of sp³-hybridized carbons (Fsp3) is 0.227. The minimum atomic E-state index is -1.66. The van der Waals surface area contributed by atoms with E-state index >= 15 is 0 Å². The number of rotatable bonds is 8. The average Bonchev–Trinajstić information content (AvgIpc) is 3.17. The van der Waals surface area contributed by atoms with E-state index in [1.54, 1.807) is 31.2 Å². The van der Waals surface area contributed by atoms with Crippen LogP contribution < -0.4 is 5.32 Å². The normalized spacial score (nSPS) is 12.9. The first-order chi connectivity index (χ1) is 14.7. The van der Waals surface area contributed by atoms with Crippen LogP contribution in [-0.2, 0) is 11.2 Å². The van der Waals surface area contributed by atoms with Gasteiger partial charge >= 0.3 is 11.9 Å². The largest absolute Gasteiger partial charge is 0.479 e. The van der Waals surface area contributed by atoms with E-state index < -0.39 is 29.8 Å². The Bertz CT molecular complexity index is 1080. The number of carbonyl (C=O) groups excluding carboxylic acids is 1. The molecule has 3 N–H and O–H groups in total. The Balaban J connectivity index is 1.77. The number of carboxylic acids is 1. The molecule has 0 saturated carbocycles. The van der Waals surface area contributed by atoms with E-state index in [1.807, 2.05) is 0 Å². The van der Waals surface area contributed by atoms with E-state index in [4.69, 9.17) is 21.1 Å². The number of hydrogen-bond donors (Lipinski definition) is 3. The molecule has 0 aliphatic heterocycles. The van der Waals surface area contributed by atoms with Crippen LogP contribution in [0.3, 0.4) is 0 Å². The van der Waals surface area contributed by atoms with Crippen molar-refractivity contribution in [1.82, 2.24) is 10.3 Å². The van der Waals surface area contributed by atoms with Gasteiger partial charge in [0.05, 0.1) is 6.20 Å². The molecule has 0 fully saturated rings. The smallest absolute Gasteiger partial charge is 0.332 e. The molecule has 0 aliphatic carbocycles. The Hall–Kier alpha value is -3.23. The summed E-state index contributed by atoms with van der Waals surface area (Å²) in [5.74, 6) is -2.12. The van der Waals surface area contributed by atoms with Crippen LogP contribution in [0, 0.1) is 12.7 Å². The molecule has 3 rings (SSSR count). The summed E-state index contributed by atoms with van der Waals surface area (Å²) in [5, 5.41) is 21.8. The van der Waals surface area contributed by atoms with Crippen molar-refractivity contribution in [2.45, 2.75) is 31.9 Å². The summed E-state index contributed by atoms with van der Waals surface area (Å²) < 4.78 is 19.3. The van der Waals surface area contributed by atoms with Gasteiger partial charge in [0.25, 0.3) is 5.89 Å². The van der Waals surface area contributed by atoms with Crippen LogP contribution >= 0.6 is 11.6 Å². The SMILES string of the molecule is Cc1cnc(C(=O)NC(Cc2ccc(-c3cc(Cl)ccc3F)cc2)CC(O)C(=O)O)o1. The molecule has 0 radical (unpaired) electrons. The number of benzene rings is 2. The number of nitrogens with one attached hydrogen (secondary N) is 1. The second-order valence-electron chi connectivity index (χ2n) is 7.06. The van der Waals surface area contributed by atoms with E-state index in [-0.39, 0.29) is 18.7 Å². The van der Waals surface area contributed by atoms with Crippen molar-refractivity contribution in [1.29, 1.82) is 0 Å². The highest BCUT2D eigenvalue weighted by molar-refractivity contribution is 6.30. The molecule has 31 heavy (non-hydrogen) atoms. The van der Waals surface area contributed by atoms with Crippen LogP contribution in [0.2, 0.25) is 5.02 Å². The number of aromatic nitrogens is 1. The van der Waals surface area contributed by atoms with Crippen molar-refractivity contribution < 1.29 is 28.6 Å². The number of nitrogens with zero attached hydrogens (tertiary/aromatic N) is 1. The first-order valence-corrected chi connectivity index (χ1v) is 9.79. The molecular formula is C22H20ClFN2O5. The number of amides is 1. The fourth-order valence-corrected chi connectivity index (χ4v) is 3.27. The Labute approximate surface area is 182 Å². The van der Waals surface area contributed by atoms with Crippen molar-refractivity contribution in [3.63, 3.8) is 0 Å². The van der Waals surface area contributed by atoms with E-state index in [1.165, 1.54) is 24.4 Å². The van der Waals surface area contributed by atoms with Crippen molar-refractivity contribution in [2.24, 2.45) is 0 Å². The third-order valence-corrected chi connectivity index (χ3v) is 4.85. The van der Waals surface area contributed by atoms with Crippen molar-refractivity contribution >= 4 is 23.5 Å². The fourth-order valence-electron chi connectivity index (χ4n) is 3.09. The number of aryl methyl sites for hydroxylation is 1. The van der Waals surface area contributed by atoms with Gasteiger partial charge < -0.3 is 19.9 Å². The molecule has 1 heterocycles. The summed E-state index contributed by atoms with van der Waals surface area (Å²) in [6.45, 7) is 1.64. The van der Waals surface area contributed by atoms with E-state index in [2.05, 4.69) is 10.3 Å². The van der Waals surface area contributed by atoms with Crippen LogP contribution in [0.25, 0.3) is 11.1 Å². The number of oxazole rings is 1. The summed E-state index contributed by atoms with van der Waals surface area (Å²) >= 11 is 5.95. The lowest BCUT2D eigenvalue weighted by Gasteiger charge is -2.20. The van der Waals surface area contributed by atoms with Crippen molar-refractivity contribution in [3.05, 3.63) is 76.7 Å². The van der Waals surface area contributed by atoms with Gasteiger partial charge in [-0.25, -0.2) is 14.2 Å². The van der Waals surface area contributed by atoms with Crippen molar-refractivity contribution in [3.8, 4) is 11.1 Å². The van der Waals surface area contributed by atoms with E-state index in [9.17, 15) is 19.1 Å². The molecule has 7 nitrogen and oxygen atoms in total. The molecule has 2 unspecified atom stereocenters. The summed E-state index contributed by atoms with van der Waals surface area (Å²) in [4.78, 5) is 27.3. The minimum absolute atomic E-state index is 0.154. The Morgan fingerprint density at radius 3 is 2.55 bits per heavy atom. The van der Waals surface area contributed by atoms with Gasteiger partial charge in [-0.1, -0.05) is 35.9 Å². The summed E-state index contributed by atoms with van der Waals surface area (Å²) in [7, 11) is 0. The molecule has 0 saturated heterocycles. The number of hydrogen-bond acceptors (Lipinski definition) is 5. The van der Waals surface area contributed by atoms with Crippen LogP contribution in [0.5, 0.6) is 0 Å². The maximum absolute atomic E-state index is 14.1. The number of aliphatic hydroxyl groups excluding tert-OH is 1. The summed E-state index contributed by atoms with van der Waals surface area (Å²) in [6, 6.07) is 10.4. The topological polar surface area (TPSA) is 113 Å². The van der Waals surface area contributed by atoms with Gasteiger partial charge in [0.15, 0.2) is 6.10 Å². The second kappa shape index (κ2) is 9.72. The molecular weight excluding hydrogens is 427 g/mol. The monoisotopic (exact) mass is 446 g/mol. The molecule has 1 aromatic heterocycles.